The molecule has 88 valence electrons. The monoisotopic (exact) mass is 249 g/mol. The summed E-state index contributed by atoms with van der Waals surface area (Å²) in [5, 5.41) is 4.99. The summed E-state index contributed by atoms with van der Waals surface area (Å²) in [6.07, 6.45) is 0. The van der Waals surface area contributed by atoms with E-state index in [1.54, 1.807) is 12.1 Å². The minimum Gasteiger partial charge on any atom is -0.457 e. The van der Waals surface area contributed by atoms with Crippen LogP contribution in [0.15, 0.2) is 59.5 Å². The largest absolute Gasteiger partial charge is 0.457 e. The molecule has 2 rings (SSSR count). The van der Waals surface area contributed by atoms with Gasteiger partial charge in [-0.05, 0) is 36.4 Å². The molecule has 2 N–H and O–H groups in total. The predicted octanol–water partition coefficient (Wildman–Crippen LogP) is 2.13. The molecule has 0 bridgehead atoms. The van der Waals surface area contributed by atoms with Crippen LogP contribution in [0.1, 0.15) is 0 Å². The minimum absolute atomic E-state index is 0.0675. The summed E-state index contributed by atoms with van der Waals surface area (Å²) in [5.41, 5.74) is 0. The zero-order valence-corrected chi connectivity index (χ0v) is 9.72. The molecule has 0 fully saturated rings. The second-order valence-electron chi connectivity index (χ2n) is 3.43. The van der Waals surface area contributed by atoms with Gasteiger partial charge in [-0.2, -0.15) is 0 Å². The molecule has 0 amide bonds. The van der Waals surface area contributed by atoms with Crippen molar-refractivity contribution in [2.45, 2.75) is 4.90 Å². The molecule has 17 heavy (non-hydrogen) atoms. The first kappa shape index (κ1) is 11.6. The molecule has 0 unspecified atom stereocenters. The quantitative estimate of drug-likeness (QED) is 0.905. The van der Waals surface area contributed by atoms with Crippen LogP contribution >= 0.6 is 0 Å². The van der Waals surface area contributed by atoms with Crippen molar-refractivity contribution >= 4 is 10.0 Å². The normalized spacial score (nSPS) is 11.1. The molecule has 0 heterocycles. The smallest absolute Gasteiger partial charge is 0.238 e. The van der Waals surface area contributed by atoms with Crippen LogP contribution in [-0.4, -0.2) is 8.42 Å². The second kappa shape index (κ2) is 4.57. The van der Waals surface area contributed by atoms with E-state index in [4.69, 9.17) is 9.88 Å². The Hall–Kier alpha value is -1.85. The maximum absolute atomic E-state index is 11.0. The van der Waals surface area contributed by atoms with Gasteiger partial charge in [-0.3, -0.25) is 0 Å². The summed E-state index contributed by atoms with van der Waals surface area (Å²) >= 11 is 0. The molecule has 2 aromatic carbocycles. The lowest BCUT2D eigenvalue weighted by Crippen LogP contribution is -2.11. The van der Waals surface area contributed by atoms with Crippen molar-refractivity contribution in [1.29, 1.82) is 0 Å². The molecular formula is C12H11NO3S. The Balaban J connectivity index is 2.20. The van der Waals surface area contributed by atoms with Crippen LogP contribution in [0.2, 0.25) is 0 Å². The minimum atomic E-state index is -3.65. The van der Waals surface area contributed by atoms with Gasteiger partial charge in [-0.25, -0.2) is 13.6 Å². The van der Waals surface area contributed by atoms with Crippen LogP contribution in [0.4, 0.5) is 0 Å². The van der Waals surface area contributed by atoms with Crippen LogP contribution in [0, 0.1) is 0 Å². The Bertz CT molecular complexity index is 591. The van der Waals surface area contributed by atoms with Gasteiger partial charge < -0.3 is 4.74 Å². The van der Waals surface area contributed by atoms with Gasteiger partial charge in [0.1, 0.15) is 11.5 Å². The third kappa shape index (κ3) is 3.05. The predicted molar refractivity (Wildman–Crippen MR) is 64.3 cm³/mol. The van der Waals surface area contributed by atoms with E-state index in [-0.39, 0.29) is 4.90 Å². The van der Waals surface area contributed by atoms with Gasteiger partial charge in [-0.15, -0.1) is 0 Å². The fraction of sp³-hybridized carbons (Fsp3) is 0. The van der Waals surface area contributed by atoms with E-state index in [9.17, 15) is 8.42 Å². The lowest BCUT2D eigenvalue weighted by Gasteiger charge is -2.05. The number of rotatable bonds is 3. The number of hydrogen-bond donors (Lipinski definition) is 1. The number of sulfonamides is 1. The molecule has 0 aliphatic carbocycles. The number of hydrogen-bond acceptors (Lipinski definition) is 3. The van der Waals surface area contributed by atoms with Crippen molar-refractivity contribution in [2.24, 2.45) is 5.14 Å². The van der Waals surface area contributed by atoms with Crippen LogP contribution in [0.25, 0.3) is 0 Å². The van der Waals surface area contributed by atoms with Gasteiger partial charge in [0.2, 0.25) is 10.0 Å². The summed E-state index contributed by atoms with van der Waals surface area (Å²) in [6.45, 7) is 0. The van der Waals surface area contributed by atoms with Gasteiger partial charge in [0, 0.05) is 0 Å². The summed E-state index contributed by atoms with van der Waals surface area (Å²) in [6, 6.07) is 15.2. The van der Waals surface area contributed by atoms with Crippen molar-refractivity contribution in [1.82, 2.24) is 0 Å². The first-order valence-corrected chi connectivity index (χ1v) is 6.46. The number of primary sulfonamides is 1. The van der Waals surface area contributed by atoms with E-state index in [2.05, 4.69) is 0 Å². The average molecular weight is 249 g/mol. The van der Waals surface area contributed by atoms with Gasteiger partial charge in [0.15, 0.2) is 0 Å². The fourth-order valence-corrected chi connectivity index (χ4v) is 1.84. The maximum Gasteiger partial charge on any atom is 0.238 e. The molecule has 0 radical (unpaired) electrons. The van der Waals surface area contributed by atoms with Gasteiger partial charge >= 0.3 is 0 Å². The Morgan fingerprint density at radius 3 is 1.88 bits per heavy atom. The first-order valence-electron chi connectivity index (χ1n) is 4.91. The van der Waals surface area contributed by atoms with E-state index >= 15 is 0 Å². The SMILES string of the molecule is NS(=O)(=O)c1ccc(Oc2ccccc2)cc1. The maximum atomic E-state index is 11.0. The summed E-state index contributed by atoms with van der Waals surface area (Å²) in [4.78, 5) is 0.0675. The van der Waals surface area contributed by atoms with Crippen LogP contribution in [0.5, 0.6) is 11.5 Å². The highest BCUT2D eigenvalue weighted by molar-refractivity contribution is 7.89. The lowest BCUT2D eigenvalue weighted by molar-refractivity contribution is 0.482. The molecular weight excluding hydrogens is 238 g/mol. The van der Waals surface area contributed by atoms with Crippen molar-refractivity contribution in [3.8, 4) is 11.5 Å². The fourth-order valence-electron chi connectivity index (χ4n) is 1.32. The summed E-state index contributed by atoms with van der Waals surface area (Å²) in [7, 11) is -3.65. The number of nitrogens with two attached hydrogens (primary N) is 1. The van der Waals surface area contributed by atoms with Crippen LogP contribution in [0.3, 0.4) is 0 Å². The summed E-state index contributed by atoms with van der Waals surface area (Å²) in [5.74, 6) is 1.25. The average Bonchev–Trinajstić information content (AvgIpc) is 2.30. The third-order valence-electron chi connectivity index (χ3n) is 2.13. The van der Waals surface area contributed by atoms with E-state index in [0.717, 1.165) is 0 Å². The standard InChI is InChI=1S/C12H11NO3S/c13-17(14,15)12-8-6-11(7-9-12)16-10-4-2-1-3-5-10/h1-9H,(H2,13,14,15). The Kier molecular flexibility index (Phi) is 3.12. The molecule has 0 saturated heterocycles. The van der Waals surface area contributed by atoms with Crippen molar-refractivity contribution in [3.63, 3.8) is 0 Å². The Morgan fingerprint density at radius 2 is 1.35 bits per heavy atom. The Labute approximate surface area is 99.7 Å². The van der Waals surface area contributed by atoms with E-state index in [0.29, 0.717) is 11.5 Å². The van der Waals surface area contributed by atoms with E-state index in [1.807, 2.05) is 30.3 Å². The lowest BCUT2D eigenvalue weighted by atomic mass is 10.3. The van der Waals surface area contributed by atoms with E-state index in [1.165, 1.54) is 12.1 Å². The molecule has 0 aliphatic heterocycles. The highest BCUT2D eigenvalue weighted by Crippen LogP contribution is 2.21. The molecule has 5 heteroatoms. The second-order valence-corrected chi connectivity index (χ2v) is 4.99. The zero-order chi connectivity index (χ0) is 12.3. The molecule has 2 aromatic rings. The van der Waals surface area contributed by atoms with Crippen molar-refractivity contribution in [2.75, 3.05) is 0 Å². The molecule has 0 spiro atoms. The number of para-hydroxylation sites is 1. The molecule has 0 atom stereocenters. The van der Waals surface area contributed by atoms with Gasteiger partial charge in [-0.1, -0.05) is 18.2 Å². The zero-order valence-electron chi connectivity index (χ0n) is 8.91. The Morgan fingerprint density at radius 1 is 0.824 bits per heavy atom. The van der Waals surface area contributed by atoms with Crippen molar-refractivity contribution in [3.05, 3.63) is 54.6 Å². The van der Waals surface area contributed by atoms with E-state index < -0.39 is 10.0 Å². The van der Waals surface area contributed by atoms with Crippen LogP contribution < -0.4 is 9.88 Å². The molecule has 0 aliphatic rings. The topological polar surface area (TPSA) is 69.4 Å². The molecule has 0 saturated carbocycles. The first-order chi connectivity index (χ1) is 8.05. The highest BCUT2D eigenvalue weighted by Gasteiger charge is 2.07. The number of benzene rings is 2. The third-order valence-corrected chi connectivity index (χ3v) is 3.06. The number of ether oxygens (including phenoxy) is 1. The van der Waals surface area contributed by atoms with Gasteiger partial charge in [0.05, 0.1) is 4.90 Å². The molecule has 0 aromatic heterocycles. The highest BCUT2D eigenvalue weighted by atomic mass is 32.2. The van der Waals surface area contributed by atoms with Crippen LogP contribution in [-0.2, 0) is 10.0 Å². The molecule has 4 nitrogen and oxygen atoms in total. The van der Waals surface area contributed by atoms with Gasteiger partial charge in [0.25, 0.3) is 0 Å². The van der Waals surface area contributed by atoms with Crippen molar-refractivity contribution < 1.29 is 13.2 Å². The summed E-state index contributed by atoms with van der Waals surface area (Å²) < 4.78 is 27.6.